The van der Waals surface area contributed by atoms with E-state index >= 15 is 0 Å². The second-order valence-electron chi connectivity index (χ2n) is 5.49. The van der Waals surface area contributed by atoms with Gasteiger partial charge in [0.2, 0.25) is 5.91 Å². The van der Waals surface area contributed by atoms with Crippen LogP contribution in [0.4, 0.5) is 0 Å². The molecular weight excluding hydrogens is 346 g/mol. The van der Waals surface area contributed by atoms with Gasteiger partial charge in [-0.25, -0.2) is 0 Å². The second-order valence-corrected chi connectivity index (χ2v) is 6.28. The first-order valence-electron chi connectivity index (χ1n) is 7.41. The lowest BCUT2D eigenvalue weighted by Crippen LogP contribution is -2.31. The van der Waals surface area contributed by atoms with Gasteiger partial charge in [-0.05, 0) is 36.7 Å². The van der Waals surface area contributed by atoms with Crippen LogP contribution in [-0.2, 0) is 24.4 Å². The molecule has 120 valence electrons. The molecule has 0 aliphatic rings. The molecule has 1 N–H and O–H groups in total. The van der Waals surface area contributed by atoms with E-state index in [1.54, 1.807) is 6.20 Å². The summed E-state index contributed by atoms with van der Waals surface area (Å²) in [4.78, 5) is 12.2. The van der Waals surface area contributed by atoms with Crippen LogP contribution in [0.3, 0.4) is 0 Å². The van der Waals surface area contributed by atoms with Gasteiger partial charge in [-0.3, -0.25) is 14.2 Å². The summed E-state index contributed by atoms with van der Waals surface area (Å²) in [6.45, 7) is 9.79. The Bertz CT molecular complexity index is 661. The molecule has 1 atom stereocenters. The molecule has 0 bridgehead atoms. The first kappa shape index (κ1) is 16.7. The van der Waals surface area contributed by atoms with Crippen molar-refractivity contribution in [1.29, 1.82) is 0 Å². The molecule has 0 saturated heterocycles. The number of hydrogen-bond acceptors (Lipinski definition) is 3. The van der Waals surface area contributed by atoms with Gasteiger partial charge in [0.05, 0.1) is 28.8 Å². The van der Waals surface area contributed by atoms with E-state index in [2.05, 4.69) is 31.4 Å². The normalized spacial score (nSPS) is 12.4. The van der Waals surface area contributed by atoms with E-state index in [0.29, 0.717) is 13.1 Å². The minimum Gasteiger partial charge on any atom is -0.352 e. The quantitative estimate of drug-likeness (QED) is 0.852. The minimum absolute atomic E-state index is 0.0212. The number of nitrogens with zero attached hydrogens (tertiary/aromatic N) is 4. The van der Waals surface area contributed by atoms with Crippen LogP contribution in [0.1, 0.15) is 30.8 Å². The molecule has 2 rings (SSSR count). The molecule has 0 fully saturated rings. The number of aromatic nitrogens is 4. The standard InChI is InChI=1S/C15H22BrN5O/c1-5-20-9-13(7-18-20)6-17-15(22)10(2)8-21-12(4)14(16)11(3)19-21/h7,9-10H,5-6,8H2,1-4H3,(H,17,22). The summed E-state index contributed by atoms with van der Waals surface area (Å²) >= 11 is 3.50. The Labute approximate surface area is 139 Å². The van der Waals surface area contributed by atoms with Crippen LogP contribution in [-0.4, -0.2) is 25.5 Å². The highest BCUT2D eigenvalue weighted by atomic mass is 79.9. The third-order valence-corrected chi connectivity index (χ3v) is 4.81. The number of halogens is 1. The smallest absolute Gasteiger partial charge is 0.224 e. The fraction of sp³-hybridized carbons (Fsp3) is 0.533. The maximum absolute atomic E-state index is 12.2. The first-order chi connectivity index (χ1) is 10.4. The summed E-state index contributed by atoms with van der Waals surface area (Å²) in [7, 11) is 0. The van der Waals surface area contributed by atoms with Gasteiger partial charge < -0.3 is 5.32 Å². The molecule has 0 aliphatic carbocycles. The Balaban J connectivity index is 1.90. The fourth-order valence-corrected chi connectivity index (χ4v) is 2.51. The average Bonchev–Trinajstić information content (AvgIpc) is 3.06. The van der Waals surface area contributed by atoms with Crippen molar-refractivity contribution in [2.75, 3.05) is 0 Å². The van der Waals surface area contributed by atoms with Crippen molar-refractivity contribution in [2.24, 2.45) is 5.92 Å². The predicted molar refractivity (Wildman–Crippen MR) is 88.3 cm³/mol. The highest BCUT2D eigenvalue weighted by Crippen LogP contribution is 2.20. The number of aryl methyl sites for hydroxylation is 2. The topological polar surface area (TPSA) is 64.7 Å². The van der Waals surface area contributed by atoms with Crippen molar-refractivity contribution in [1.82, 2.24) is 24.9 Å². The molecule has 0 radical (unpaired) electrons. The van der Waals surface area contributed by atoms with Crippen molar-refractivity contribution < 1.29 is 4.79 Å². The van der Waals surface area contributed by atoms with E-state index in [1.165, 1.54) is 0 Å². The number of nitrogens with one attached hydrogen (secondary N) is 1. The molecular formula is C15H22BrN5O. The third kappa shape index (κ3) is 3.76. The lowest BCUT2D eigenvalue weighted by atomic mass is 10.1. The number of carbonyl (C=O) groups excluding carboxylic acids is 1. The van der Waals surface area contributed by atoms with Crippen molar-refractivity contribution >= 4 is 21.8 Å². The Hall–Kier alpha value is -1.63. The Morgan fingerprint density at radius 2 is 2.18 bits per heavy atom. The van der Waals surface area contributed by atoms with Gasteiger partial charge in [-0.1, -0.05) is 6.92 Å². The van der Waals surface area contributed by atoms with Gasteiger partial charge in [-0.2, -0.15) is 10.2 Å². The molecule has 6 nitrogen and oxygen atoms in total. The zero-order chi connectivity index (χ0) is 16.3. The maximum Gasteiger partial charge on any atom is 0.224 e. The second kappa shape index (κ2) is 7.09. The number of carbonyl (C=O) groups is 1. The lowest BCUT2D eigenvalue weighted by molar-refractivity contribution is -0.125. The van der Waals surface area contributed by atoms with Crippen LogP contribution >= 0.6 is 15.9 Å². The molecule has 2 aromatic rings. The summed E-state index contributed by atoms with van der Waals surface area (Å²) < 4.78 is 4.73. The molecule has 7 heteroatoms. The monoisotopic (exact) mass is 367 g/mol. The molecule has 0 saturated carbocycles. The van der Waals surface area contributed by atoms with E-state index in [9.17, 15) is 4.79 Å². The Morgan fingerprint density at radius 3 is 2.73 bits per heavy atom. The largest absolute Gasteiger partial charge is 0.352 e. The fourth-order valence-electron chi connectivity index (χ4n) is 2.23. The SMILES string of the molecule is CCn1cc(CNC(=O)C(C)Cn2nc(C)c(Br)c2C)cn1. The first-order valence-corrected chi connectivity index (χ1v) is 8.20. The van der Waals surface area contributed by atoms with Crippen LogP contribution in [0.2, 0.25) is 0 Å². The molecule has 22 heavy (non-hydrogen) atoms. The van der Waals surface area contributed by atoms with Gasteiger partial charge in [0.1, 0.15) is 0 Å². The predicted octanol–water partition coefficient (Wildman–Crippen LogP) is 2.43. The zero-order valence-electron chi connectivity index (χ0n) is 13.4. The minimum atomic E-state index is -0.147. The highest BCUT2D eigenvalue weighted by Gasteiger charge is 2.17. The molecule has 1 unspecified atom stereocenters. The van der Waals surface area contributed by atoms with Crippen LogP contribution in [0.15, 0.2) is 16.9 Å². The summed E-state index contributed by atoms with van der Waals surface area (Å²) in [5.41, 5.74) is 3.00. The average molecular weight is 368 g/mol. The summed E-state index contributed by atoms with van der Waals surface area (Å²) in [5, 5.41) is 11.6. The maximum atomic E-state index is 12.2. The zero-order valence-corrected chi connectivity index (χ0v) is 15.0. The van der Waals surface area contributed by atoms with Gasteiger partial charge in [0, 0.05) is 30.5 Å². The number of rotatable bonds is 6. The van der Waals surface area contributed by atoms with Crippen molar-refractivity contribution in [2.45, 2.75) is 47.3 Å². The molecule has 2 aromatic heterocycles. The van der Waals surface area contributed by atoms with Gasteiger partial charge >= 0.3 is 0 Å². The van der Waals surface area contributed by atoms with Crippen molar-refractivity contribution in [3.8, 4) is 0 Å². The molecule has 1 amide bonds. The van der Waals surface area contributed by atoms with Crippen LogP contribution in [0.25, 0.3) is 0 Å². The van der Waals surface area contributed by atoms with Crippen LogP contribution in [0, 0.1) is 19.8 Å². The van der Waals surface area contributed by atoms with Gasteiger partial charge in [-0.15, -0.1) is 0 Å². The van der Waals surface area contributed by atoms with Gasteiger partial charge in [0.15, 0.2) is 0 Å². The van der Waals surface area contributed by atoms with E-state index < -0.39 is 0 Å². The number of hydrogen-bond donors (Lipinski definition) is 1. The molecule has 0 spiro atoms. The summed E-state index contributed by atoms with van der Waals surface area (Å²) in [6, 6.07) is 0. The van der Waals surface area contributed by atoms with E-state index in [4.69, 9.17) is 0 Å². The summed E-state index contributed by atoms with van der Waals surface area (Å²) in [6.07, 6.45) is 3.73. The van der Waals surface area contributed by atoms with Crippen LogP contribution in [0.5, 0.6) is 0 Å². The summed E-state index contributed by atoms with van der Waals surface area (Å²) in [5.74, 6) is -0.126. The van der Waals surface area contributed by atoms with E-state index in [-0.39, 0.29) is 11.8 Å². The van der Waals surface area contributed by atoms with E-state index in [0.717, 1.165) is 28.0 Å². The lowest BCUT2D eigenvalue weighted by Gasteiger charge is -2.13. The van der Waals surface area contributed by atoms with Crippen molar-refractivity contribution in [3.05, 3.63) is 33.8 Å². The third-order valence-electron chi connectivity index (χ3n) is 3.67. The molecule has 2 heterocycles. The number of amides is 1. The molecule has 0 aromatic carbocycles. The van der Waals surface area contributed by atoms with E-state index in [1.807, 2.05) is 43.3 Å². The van der Waals surface area contributed by atoms with Crippen molar-refractivity contribution in [3.63, 3.8) is 0 Å². The Kier molecular flexibility index (Phi) is 5.39. The highest BCUT2D eigenvalue weighted by molar-refractivity contribution is 9.10. The van der Waals surface area contributed by atoms with Crippen LogP contribution < -0.4 is 5.32 Å². The Morgan fingerprint density at radius 1 is 1.45 bits per heavy atom. The van der Waals surface area contributed by atoms with Gasteiger partial charge in [0.25, 0.3) is 0 Å². The molecule has 0 aliphatic heterocycles.